The number of amides is 1. The molecule has 0 atom stereocenters. The van der Waals surface area contributed by atoms with Crippen LogP contribution in [0.4, 0.5) is 0 Å². The van der Waals surface area contributed by atoms with E-state index in [0.29, 0.717) is 23.9 Å². The third-order valence-electron chi connectivity index (χ3n) is 4.63. The molecule has 140 valence electrons. The maximum absolute atomic E-state index is 12.3. The third-order valence-corrected chi connectivity index (χ3v) is 4.63. The van der Waals surface area contributed by atoms with Crippen LogP contribution in [0.2, 0.25) is 0 Å². The number of fused-ring (bicyclic) bond motifs is 1. The number of aromatic amines is 1. The number of nitrogens with one attached hydrogen (secondary N) is 2. The largest absolute Gasteiger partial charge is 0.340 e. The second kappa shape index (κ2) is 8.69. The maximum Gasteiger partial charge on any atom is 0.273 e. The van der Waals surface area contributed by atoms with Gasteiger partial charge in [-0.15, -0.1) is 24.8 Å². The quantitative estimate of drug-likeness (QED) is 0.822. The van der Waals surface area contributed by atoms with Crippen molar-refractivity contribution in [2.24, 2.45) is 7.05 Å². The minimum Gasteiger partial charge on any atom is -0.340 e. The van der Waals surface area contributed by atoms with Crippen molar-refractivity contribution in [1.29, 1.82) is 0 Å². The molecule has 0 aliphatic carbocycles. The van der Waals surface area contributed by atoms with Crippen molar-refractivity contribution >= 4 is 41.8 Å². The summed E-state index contributed by atoms with van der Waals surface area (Å²) in [5, 5.41) is 6.62. The van der Waals surface area contributed by atoms with Gasteiger partial charge in [-0.25, -0.2) is 4.98 Å². The molecule has 0 aromatic carbocycles. The number of piperazine rings is 1. The van der Waals surface area contributed by atoms with Crippen molar-refractivity contribution in [2.75, 3.05) is 26.2 Å². The molecular weight excluding hydrogens is 365 g/mol. The van der Waals surface area contributed by atoms with Gasteiger partial charge < -0.3 is 10.2 Å². The summed E-state index contributed by atoms with van der Waals surface area (Å²) in [5.74, 6) is 0.173. The van der Waals surface area contributed by atoms with Crippen LogP contribution in [0.15, 0.2) is 4.79 Å². The van der Waals surface area contributed by atoms with Gasteiger partial charge in [0.15, 0.2) is 5.65 Å². The summed E-state index contributed by atoms with van der Waals surface area (Å²) in [6.45, 7) is 7.14. The lowest BCUT2D eigenvalue weighted by atomic mass is 10.00. The van der Waals surface area contributed by atoms with E-state index in [4.69, 9.17) is 0 Å². The van der Waals surface area contributed by atoms with Gasteiger partial charge in [0.25, 0.3) is 5.56 Å². The highest BCUT2D eigenvalue weighted by Crippen LogP contribution is 2.21. The van der Waals surface area contributed by atoms with Gasteiger partial charge in [0.1, 0.15) is 0 Å². The zero-order chi connectivity index (χ0) is 16.6. The summed E-state index contributed by atoms with van der Waals surface area (Å²) in [6, 6.07) is 0. The third kappa shape index (κ3) is 4.16. The molecule has 1 amide bonds. The van der Waals surface area contributed by atoms with Crippen molar-refractivity contribution in [1.82, 2.24) is 25.0 Å². The first-order chi connectivity index (χ1) is 11.0. The van der Waals surface area contributed by atoms with E-state index in [0.717, 1.165) is 43.0 Å². The number of pyridine rings is 1. The first-order valence-corrected chi connectivity index (χ1v) is 8.02. The van der Waals surface area contributed by atoms with Gasteiger partial charge in [0.05, 0.1) is 5.39 Å². The van der Waals surface area contributed by atoms with Crippen molar-refractivity contribution in [2.45, 2.75) is 26.7 Å². The van der Waals surface area contributed by atoms with E-state index < -0.39 is 0 Å². The zero-order valence-corrected chi connectivity index (χ0v) is 16.4. The average Bonchev–Trinajstić information content (AvgIpc) is 2.82. The topological polar surface area (TPSA) is 83.0 Å². The van der Waals surface area contributed by atoms with Crippen LogP contribution < -0.4 is 10.9 Å². The molecule has 1 fully saturated rings. The predicted molar refractivity (Wildman–Crippen MR) is 103 cm³/mol. The van der Waals surface area contributed by atoms with E-state index in [9.17, 15) is 9.59 Å². The van der Waals surface area contributed by atoms with Crippen LogP contribution in [0.3, 0.4) is 0 Å². The summed E-state index contributed by atoms with van der Waals surface area (Å²) in [7, 11) is 1.78. The van der Waals surface area contributed by atoms with E-state index in [1.54, 1.807) is 11.7 Å². The highest BCUT2D eigenvalue weighted by Gasteiger charge is 2.19. The number of H-pyrrole nitrogens is 1. The maximum atomic E-state index is 12.3. The van der Waals surface area contributed by atoms with E-state index in [1.165, 1.54) is 0 Å². The molecule has 9 heteroatoms. The first kappa shape index (κ1) is 21.5. The predicted octanol–water partition coefficient (Wildman–Crippen LogP) is 1.09. The van der Waals surface area contributed by atoms with Gasteiger partial charge in [-0.1, -0.05) is 0 Å². The van der Waals surface area contributed by atoms with E-state index in [2.05, 4.69) is 15.4 Å². The second-order valence-corrected chi connectivity index (χ2v) is 6.13. The second-order valence-electron chi connectivity index (χ2n) is 6.13. The minimum atomic E-state index is -0.123. The summed E-state index contributed by atoms with van der Waals surface area (Å²) < 4.78 is 1.65. The molecule has 0 unspecified atom stereocenters. The smallest absolute Gasteiger partial charge is 0.273 e. The fraction of sp³-hybridized carbons (Fsp3) is 0.562. The molecule has 0 bridgehead atoms. The van der Waals surface area contributed by atoms with Crippen molar-refractivity contribution in [3.05, 3.63) is 27.2 Å². The molecule has 0 radical (unpaired) electrons. The lowest BCUT2D eigenvalue weighted by Crippen LogP contribution is -2.46. The molecule has 0 spiro atoms. The highest BCUT2D eigenvalue weighted by atomic mass is 35.5. The molecule has 2 aromatic rings. The van der Waals surface area contributed by atoms with Crippen LogP contribution in [0, 0.1) is 13.8 Å². The Balaban J connectivity index is 0.00000156. The van der Waals surface area contributed by atoms with Crippen LogP contribution in [-0.4, -0.2) is 51.8 Å². The van der Waals surface area contributed by atoms with Gasteiger partial charge in [-0.2, -0.15) is 0 Å². The molecule has 3 rings (SSSR count). The van der Waals surface area contributed by atoms with Crippen LogP contribution in [0.25, 0.3) is 11.0 Å². The van der Waals surface area contributed by atoms with Crippen LogP contribution in [-0.2, 0) is 18.3 Å². The number of aromatic nitrogens is 3. The molecule has 1 aliphatic heterocycles. The fourth-order valence-corrected chi connectivity index (χ4v) is 3.32. The van der Waals surface area contributed by atoms with Gasteiger partial charge in [-0.05, 0) is 31.4 Å². The fourth-order valence-electron chi connectivity index (χ4n) is 3.32. The average molecular weight is 390 g/mol. The molecule has 2 N–H and O–H groups in total. The van der Waals surface area contributed by atoms with E-state index in [-0.39, 0.29) is 36.3 Å². The number of hydrogen-bond donors (Lipinski definition) is 2. The first-order valence-electron chi connectivity index (χ1n) is 8.02. The number of aryl methyl sites for hydroxylation is 3. The Morgan fingerprint density at radius 3 is 2.48 bits per heavy atom. The lowest BCUT2D eigenvalue weighted by molar-refractivity contribution is -0.131. The van der Waals surface area contributed by atoms with E-state index >= 15 is 0 Å². The van der Waals surface area contributed by atoms with Crippen LogP contribution in [0.1, 0.15) is 23.2 Å². The Labute approximate surface area is 159 Å². The number of carbonyl (C=O) groups is 1. The Kier molecular flexibility index (Phi) is 7.46. The summed E-state index contributed by atoms with van der Waals surface area (Å²) in [4.78, 5) is 30.9. The SMILES string of the molecule is Cc1nc2c(c(C)c1CCC(=O)N1CCNCC1)c(=O)[nH]n2C.Cl.Cl. The number of carbonyl (C=O) groups excluding carboxylic acids is 1. The Morgan fingerprint density at radius 1 is 1.20 bits per heavy atom. The highest BCUT2D eigenvalue weighted by molar-refractivity contribution is 5.85. The number of halogens is 2. The summed E-state index contributed by atoms with van der Waals surface area (Å²) >= 11 is 0. The number of hydrogen-bond acceptors (Lipinski definition) is 4. The lowest BCUT2D eigenvalue weighted by Gasteiger charge is -2.27. The monoisotopic (exact) mass is 389 g/mol. The van der Waals surface area contributed by atoms with E-state index in [1.807, 2.05) is 18.7 Å². The van der Waals surface area contributed by atoms with Gasteiger partial charge in [-0.3, -0.25) is 19.4 Å². The molecule has 2 aromatic heterocycles. The Morgan fingerprint density at radius 2 is 1.84 bits per heavy atom. The van der Waals surface area contributed by atoms with Gasteiger partial charge in [0.2, 0.25) is 5.91 Å². The normalized spacial score (nSPS) is 14.1. The zero-order valence-electron chi connectivity index (χ0n) is 14.7. The van der Waals surface area contributed by atoms with Crippen molar-refractivity contribution < 1.29 is 4.79 Å². The summed E-state index contributed by atoms with van der Waals surface area (Å²) in [5.41, 5.74) is 3.38. The van der Waals surface area contributed by atoms with Crippen molar-refractivity contribution in [3.8, 4) is 0 Å². The molecule has 1 aliphatic rings. The Bertz CT molecular complexity index is 809. The molecule has 0 saturated carbocycles. The number of rotatable bonds is 3. The Hall–Kier alpha value is -1.57. The molecule has 25 heavy (non-hydrogen) atoms. The minimum absolute atomic E-state index is 0. The molecule has 7 nitrogen and oxygen atoms in total. The van der Waals surface area contributed by atoms with Crippen LogP contribution in [0.5, 0.6) is 0 Å². The van der Waals surface area contributed by atoms with Gasteiger partial charge >= 0.3 is 0 Å². The van der Waals surface area contributed by atoms with Crippen LogP contribution >= 0.6 is 24.8 Å². The standard InChI is InChI=1S/C16H23N5O2.2ClH/c1-10-12(4-5-13(22)21-8-6-17-7-9-21)11(2)18-15-14(10)16(23)19-20(15)3;;/h17H,4-9H2,1-3H3,(H,19,23);2*1H. The molecular formula is C16H25Cl2N5O2. The van der Waals surface area contributed by atoms with Crippen molar-refractivity contribution in [3.63, 3.8) is 0 Å². The molecule has 1 saturated heterocycles. The molecule has 3 heterocycles. The summed E-state index contributed by atoms with van der Waals surface area (Å²) in [6.07, 6.45) is 1.08. The van der Waals surface area contributed by atoms with Gasteiger partial charge in [0, 0.05) is 45.3 Å². The number of nitrogens with zero attached hydrogens (tertiary/aromatic N) is 3.